The van der Waals surface area contributed by atoms with Gasteiger partial charge in [0.1, 0.15) is 5.25 Å². The molecule has 0 N–H and O–H groups in total. The van der Waals surface area contributed by atoms with E-state index in [9.17, 15) is 4.21 Å². The van der Waals surface area contributed by atoms with Crippen molar-refractivity contribution in [1.29, 1.82) is 5.26 Å². The van der Waals surface area contributed by atoms with Gasteiger partial charge in [-0.15, -0.1) is 0 Å². The molecular weight excluding hydrogens is 250 g/mol. The molecule has 0 aliphatic heterocycles. The third-order valence-electron chi connectivity index (χ3n) is 1.56. The monoisotopic (exact) mass is 257 g/mol. The Kier molecular flexibility index (Phi) is 3.64. The molecule has 0 saturated heterocycles. The van der Waals surface area contributed by atoms with Gasteiger partial charge in [-0.05, 0) is 35.0 Å². The predicted octanol–water partition coefficient (Wildman–Crippen LogP) is 2.47. The van der Waals surface area contributed by atoms with Crippen LogP contribution in [-0.2, 0) is 10.8 Å². The largest absolute Gasteiger partial charge is 0.253 e. The molecule has 0 heterocycles. The summed E-state index contributed by atoms with van der Waals surface area (Å²) in [5.41, 5.74) is 0. The number of hydrogen-bond acceptors (Lipinski definition) is 2. The van der Waals surface area contributed by atoms with Gasteiger partial charge in [-0.3, -0.25) is 4.21 Å². The van der Waals surface area contributed by atoms with Crippen LogP contribution in [0.3, 0.4) is 0 Å². The van der Waals surface area contributed by atoms with Crippen molar-refractivity contribution in [3.05, 3.63) is 28.7 Å². The van der Waals surface area contributed by atoms with Crippen molar-refractivity contribution in [2.75, 3.05) is 0 Å². The number of hydrogen-bond donors (Lipinski definition) is 0. The molecule has 0 amide bonds. The molecule has 0 aliphatic rings. The topological polar surface area (TPSA) is 40.9 Å². The second kappa shape index (κ2) is 4.54. The van der Waals surface area contributed by atoms with E-state index in [4.69, 9.17) is 5.26 Å². The van der Waals surface area contributed by atoms with Crippen LogP contribution in [0.2, 0.25) is 0 Å². The number of nitriles is 1. The molecule has 0 bridgehead atoms. The molecule has 2 unspecified atom stereocenters. The summed E-state index contributed by atoms with van der Waals surface area (Å²) in [5.74, 6) is 0. The standard InChI is InChI=1S/C9H8BrNOS/c1-7(6-11)13(12)9-5-3-2-4-8(9)10/h2-5,7H,1H3. The van der Waals surface area contributed by atoms with E-state index < -0.39 is 16.0 Å². The molecule has 2 nitrogen and oxygen atoms in total. The first kappa shape index (κ1) is 10.4. The smallest absolute Gasteiger partial charge is 0.123 e. The first-order valence-electron chi connectivity index (χ1n) is 3.71. The van der Waals surface area contributed by atoms with Crippen LogP contribution in [-0.4, -0.2) is 9.46 Å². The van der Waals surface area contributed by atoms with Gasteiger partial charge < -0.3 is 0 Å². The van der Waals surface area contributed by atoms with E-state index in [0.717, 1.165) is 4.47 Å². The highest BCUT2D eigenvalue weighted by Crippen LogP contribution is 2.21. The fourth-order valence-electron chi connectivity index (χ4n) is 0.846. The zero-order valence-electron chi connectivity index (χ0n) is 7.03. The van der Waals surface area contributed by atoms with Gasteiger partial charge in [0.15, 0.2) is 0 Å². The zero-order valence-corrected chi connectivity index (χ0v) is 9.43. The first-order chi connectivity index (χ1) is 6.16. The summed E-state index contributed by atoms with van der Waals surface area (Å²) in [6.07, 6.45) is 0. The first-order valence-corrected chi connectivity index (χ1v) is 5.72. The van der Waals surface area contributed by atoms with Crippen LogP contribution in [0.15, 0.2) is 33.6 Å². The third kappa shape index (κ3) is 2.39. The summed E-state index contributed by atoms with van der Waals surface area (Å²) in [5, 5.41) is 8.13. The molecule has 4 heteroatoms. The minimum Gasteiger partial charge on any atom is -0.253 e. The highest BCUT2D eigenvalue weighted by Gasteiger charge is 2.14. The molecule has 1 aromatic rings. The maximum absolute atomic E-state index is 11.7. The summed E-state index contributed by atoms with van der Waals surface area (Å²) in [7, 11) is -1.25. The van der Waals surface area contributed by atoms with Gasteiger partial charge in [-0.2, -0.15) is 5.26 Å². The molecule has 1 aromatic carbocycles. The van der Waals surface area contributed by atoms with Gasteiger partial charge >= 0.3 is 0 Å². The van der Waals surface area contributed by atoms with E-state index in [1.165, 1.54) is 0 Å². The van der Waals surface area contributed by atoms with Crippen LogP contribution in [0.5, 0.6) is 0 Å². The van der Waals surface area contributed by atoms with Crippen LogP contribution in [0, 0.1) is 11.3 Å². The van der Waals surface area contributed by atoms with E-state index in [1.54, 1.807) is 13.0 Å². The molecule has 2 atom stereocenters. The summed E-state index contributed by atoms with van der Waals surface area (Å²) < 4.78 is 12.4. The van der Waals surface area contributed by atoms with E-state index in [1.807, 2.05) is 24.3 Å². The van der Waals surface area contributed by atoms with Crippen molar-refractivity contribution >= 4 is 26.7 Å². The van der Waals surface area contributed by atoms with E-state index in [2.05, 4.69) is 15.9 Å². The van der Waals surface area contributed by atoms with Crippen LogP contribution in [0.4, 0.5) is 0 Å². The molecule has 68 valence electrons. The molecule has 0 radical (unpaired) electrons. The van der Waals surface area contributed by atoms with Gasteiger partial charge in [0.2, 0.25) is 0 Å². The lowest BCUT2D eigenvalue weighted by molar-refractivity contribution is 0.680. The minimum atomic E-state index is -1.25. The highest BCUT2D eigenvalue weighted by molar-refractivity contribution is 9.10. The van der Waals surface area contributed by atoms with Gasteiger partial charge in [0, 0.05) is 4.47 Å². The average Bonchev–Trinajstić information content (AvgIpc) is 2.16. The van der Waals surface area contributed by atoms with Crippen molar-refractivity contribution < 1.29 is 4.21 Å². The minimum absolute atomic E-state index is 0.473. The Bertz CT molecular complexity index is 372. The van der Waals surface area contributed by atoms with Gasteiger partial charge in [-0.1, -0.05) is 12.1 Å². The zero-order chi connectivity index (χ0) is 9.84. The van der Waals surface area contributed by atoms with E-state index in [0.29, 0.717) is 4.90 Å². The number of nitrogens with zero attached hydrogens (tertiary/aromatic N) is 1. The lowest BCUT2D eigenvalue weighted by atomic mass is 10.4. The van der Waals surface area contributed by atoms with Gasteiger partial charge in [-0.25, -0.2) is 0 Å². The molecule has 0 spiro atoms. The van der Waals surface area contributed by atoms with Crippen molar-refractivity contribution in [3.8, 4) is 6.07 Å². The second-order valence-electron chi connectivity index (χ2n) is 2.50. The third-order valence-corrected chi connectivity index (χ3v) is 4.05. The predicted molar refractivity (Wildman–Crippen MR) is 55.6 cm³/mol. The van der Waals surface area contributed by atoms with Crippen molar-refractivity contribution in [1.82, 2.24) is 0 Å². The van der Waals surface area contributed by atoms with Gasteiger partial charge in [0.05, 0.1) is 21.8 Å². The molecule has 0 aliphatic carbocycles. The maximum Gasteiger partial charge on any atom is 0.123 e. The Labute approximate surface area is 88.2 Å². The van der Waals surface area contributed by atoms with Crippen LogP contribution >= 0.6 is 15.9 Å². The summed E-state index contributed by atoms with van der Waals surface area (Å²) >= 11 is 3.29. The fraction of sp³-hybridized carbons (Fsp3) is 0.222. The Morgan fingerprint density at radius 2 is 2.15 bits per heavy atom. The SMILES string of the molecule is CC(C#N)S(=O)c1ccccc1Br. The summed E-state index contributed by atoms with van der Waals surface area (Å²) in [6.45, 7) is 1.65. The highest BCUT2D eigenvalue weighted by atomic mass is 79.9. The molecule has 0 aromatic heterocycles. The Balaban J connectivity index is 3.04. The lowest BCUT2D eigenvalue weighted by Gasteiger charge is -2.04. The number of rotatable bonds is 2. The van der Waals surface area contributed by atoms with Crippen LogP contribution in [0.25, 0.3) is 0 Å². The Morgan fingerprint density at radius 1 is 1.54 bits per heavy atom. The van der Waals surface area contributed by atoms with Crippen molar-refractivity contribution in [2.24, 2.45) is 0 Å². The fourth-order valence-corrected chi connectivity index (χ4v) is 2.56. The van der Waals surface area contributed by atoms with E-state index in [-0.39, 0.29) is 0 Å². The average molecular weight is 258 g/mol. The molecule has 0 saturated carbocycles. The second-order valence-corrected chi connectivity index (χ2v) is 5.10. The van der Waals surface area contributed by atoms with Crippen LogP contribution < -0.4 is 0 Å². The van der Waals surface area contributed by atoms with Crippen molar-refractivity contribution in [2.45, 2.75) is 17.1 Å². The molecule has 1 rings (SSSR count). The van der Waals surface area contributed by atoms with Crippen LogP contribution in [0.1, 0.15) is 6.92 Å². The molecule has 0 fully saturated rings. The normalized spacial score (nSPS) is 14.5. The Hall–Kier alpha value is -0.660. The van der Waals surface area contributed by atoms with Gasteiger partial charge in [0.25, 0.3) is 0 Å². The van der Waals surface area contributed by atoms with E-state index >= 15 is 0 Å². The molecular formula is C9H8BrNOS. The maximum atomic E-state index is 11.7. The summed E-state index contributed by atoms with van der Waals surface area (Å²) in [6, 6.07) is 9.20. The number of halogens is 1. The Morgan fingerprint density at radius 3 is 2.69 bits per heavy atom. The quantitative estimate of drug-likeness (QED) is 0.817. The van der Waals surface area contributed by atoms with Crippen molar-refractivity contribution in [3.63, 3.8) is 0 Å². The lowest BCUT2D eigenvalue weighted by Crippen LogP contribution is -2.08. The number of benzene rings is 1. The summed E-state index contributed by atoms with van der Waals surface area (Å²) in [4.78, 5) is 0.677. The molecule has 13 heavy (non-hydrogen) atoms.